The second-order valence-electron chi connectivity index (χ2n) is 5.55. The van der Waals surface area contributed by atoms with E-state index in [0.717, 1.165) is 28.4 Å². The number of fused-ring (bicyclic) bond motifs is 1. The molecule has 0 radical (unpaired) electrons. The Morgan fingerprint density at radius 2 is 2.32 bits per heavy atom. The second kappa shape index (κ2) is 4.56. The lowest BCUT2D eigenvalue weighted by Crippen LogP contribution is -2.18. The summed E-state index contributed by atoms with van der Waals surface area (Å²) in [4.78, 5) is 7.94. The van der Waals surface area contributed by atoms with Crippen LogP contribution in [0.15, 0.2) is 23.4 Å². The molecule has 1 saturated carbocycles. The van der Waals surface area contributed by atoms with Crippen LogP contribution < -0.4 is 5.73 Å². The molecule has 1 heterocycles. The minimum absolute atomic E-state index is 0.255. The zero-order valence-corrected chi connectivity index (χ0v) is 11.8. The number of rotatable bonds is 5. The van der Waals surface area contributed by atoms with Crippen molar-refractivity contribution >= 4 is 28.6 Å². The molecule has 4 nitrogen and oxygen atoms in total. The topological polar surface area (TPSA) is 78.6 Å². The first-order valence-corrected chi connectivity index (χ1v) is 7.47. The molecule has 0 bridgehead atoms. The van der Waals surface area contributed by atoms with E-state index in [9.17, 15) is 0 Å². The third-order valence-electron chi connectivity index (χ3n) is 3.65. The summed E-state index contributed by atoms with van der Waals surface area (Å²) in [5, 5.41) is 8.40. The number of benzene rings is 1. The first-order chi connectivity index (χ1) is 9.06. The van der Waals surface area contributed by atoms with Gasteiger partial charge in [-0.1, -0.05) is 17.8 Å². The van der Waals surface area contributed by atoms with Crippen LogP contribution in [0.3, 0.4) is 0 Å². The van der Waals surface area contributed by atoms with Crippen LogP contribution in [0.5, 0.6) is 0 Å². The van der Waals surface area contributed by atoms with Crippen LogP contribution in [0, 0.1) is 17.7 Å². The Hall–Kier alpha value is -1.49. The van der Waals surface area contributed by atoms with Crippen LogP contribution in [0.25, 0.3) is 11.0 Å². The van der Waals surface area contributed by atoms with Gasteiger partial charge in [0.05, 0.1) is 16.9 Å². The number of aromatic amines is 1. The van der Waals surface area contributed by atoms with E-state index >= 15 is 0 Å². The van der Waals surface area contributed by atoms with Gasteiger partial charge in [-0.05, 0) is 42.9 Å². The fraction of sp³-hybridized carbons (Fsp3) is 0.429. The van der Waals surface area contributed by atoms with Crippen LogP contribution in [-0.4, -0.2) is 21.6 Å². The van der Waals surface area contributed by atoms with Gasteiger partial charge < -0.3 is 10.7 Å². The lowest BCUT2D eigenvalue weighted by molar-refractivity contribution is 0.611. The van der Waals surface area contributed by atoms with E-state index in [0.29, 0.717) is 5.84 Å². The molecular weight excluding hydrogens is 256 g/mol. The number of nitrogens with zero attached hydrogens (tertiary/aromatic N) is 1. The van der Waals surface area contributed by atoms with Gasteiger partial charge in [0.2, 0.25) is 0 Å². The smallest absolute Gasteiger partial charge is 0.166 e. The SMILES string of the molecule is Cc1ccc2nc(SCC3(CC(=N)N)CC3)[nH]c2c1. The predicted octanol–water partition coefficient (Wildman–Crippen LogP) is 3.07. The zero-order chi connectivity index (χ0) is 13.5. The molecule has 19 heavy (non-hydrogen) atoms. The summed E-state index contributed by atoms with van der Waals surface area (Å²) in [5.74, 6) is 1.30. The Kier molecular flexibility index (Phi) is 3.01. The molecule has 0 atom stereocenters. The van der Waals surface area contributed by atoms with E-state index in [1.807, 2.05) is 6.07 Å². The molecule has 1 aromatic carbocycles. The number of hydrogen-bond donors (Lipinski definition) is 3. The van der Waals surface area contributed by atoms with Crippen molar-refractivity contribution < 1.29 is 0 Å². The number of aromatic nitrogens is 2. The highest BCUT2D eigenvalue weighted by Gasteiger charge is 2.43. The number of aryl methyl sites for hydroxylation is 1. The second-order valence-corrected chi connectivity index (χ2v) is 6.52. The van der Waals surface area contributed by atoms with Gasteiger partial charge in [0, 0.05) is 12.2 Å². The van der Waals surface area contributed by atoms with E-state index < -0.39 is 0 Å². The van der Waals surface area contributed by atoms with Crippen molar-refractivity contribution in [3.8, 4) is 0 Å². The minimum atomic E-state index is 0.255. The van der Waals surface area contributed by atoms with Gasteiger partial charge in [0.1, 0.15) is 0 Å². The van der Waals surface area contributed by atoms with Crippen LogP contribution in [0.1, 0.15) is 24.8 Å². The molecule has 3 rings (SSSR count). The van der Waals surface area contributed by atoms with E-state index in [1.165, 1.54) is 18.4 Å². The van der Waals surface area contributed by atoms with Gasteiger partial charge in [-0.25, -0.2) is 4.98 Å². The highest BCUT2D eigenvalue weighted by Crippen LogP contribution is 2.51. The fourth-order valence-corrected chi connectivity index (χ4v) is 3.52. The van der Waals surface area contributed by atoms with Gasteiger partial charge in [0.25, 0.3) is 0 Å². The molecule has 1 fully saturated rings. The van der Waals surface area contributed by atoms with Gasteiger partial charge in [0.15, 0.2) is 5.16 Å². The lowest BCUT2D eigenvalue weighted by atomic mass is 10.1. The first kappa shape index (κ1) is 12.5. The molecule has 0 amide bonds. The lowest BCUT2D eigenvalue weighted by Gasteiger charge is -2.11. The van der Waals surface area contributed by atoms with E-state index in [4.69, 9.17) is 11.1 Å². The van der Waals surface area contributed by atoms with Crippen molar-refractivity contribution in [2.75, 3.05) is 5.75 Å². The van der Waals surface area contributed by atoms with Gasteiger partial charge in [-0.3, -0.25) is 5.41 Å². The number of imidazole rings is 1. The molecule has 1 aromatic heterocycles. The average Bonchev–Trinajstić information content (AvgIpc) is 2.97. The number of hydrogen-bond acceptors (Lipinski definition) is 3. The number of amidine groups is 1. The maximum absolute atomic E-state index is 7.43. The standard InChI is InChI=1S/C14H18N4S/c1-9-2-3-10-11(6-9)18-13(17-10)19-8-14(4-5-14)7-12(15)16/h2-3,6H,4-5,7-8H2,1H3,(H3,15,16)(H,17,18). The summed E-state index contributed by atoms with van der Waals surface area (Å²) in [6.07, 6.45) is 3.08. The Morgan fingerprint density at radius 1 is 1.53 bits per heavy atom. The van der Waals surface area contributed by atoms with Crippen LogP contribution in [0.4, 0.5) is 0 Å². The van der Waals surface area contributed by atoms with E-state index in [1.54, 1.807) is 11.8 Å². The highest BCUT2D eigenvalue weighted by molar-refractivity contribution is 7.99. The normalized spacial score (nSPS) is 16.7. The molecule has 100 valence electrons. The molecular formula is C14H18N4S. The molecule has 0 spiro atoms. The third kappa shape index (κ3) is 2.76. The molecule has 0 aliphatic heterocycles. The number of thioether (sulfide) groups is 1. The van der Waals surface area contributed by atoms with Crippen LogP contribution in [0.2, 0.25) is 0 Å². The zero-order valence-electron chi connectivity index (χ0n) is 11.0. The number of H-pyrrole nitrogens is 1. The number of nitrogens with two attached hydrogens (primary N) is 1. The monoisotopic (exact) mass is 274 g/mol. The summed E-state index contributed by atoms with van der Waals surface area (Å²) in [7, 11) is 0. The Balaban J connectivity index is 1.70. The summed E-state index contributed by atoms with van der Waals surface area (Å²) in [5.41, 5.74) is 9.12. The van der Waals surface area contributed by atoms with Crippen LogP contribution in [-0.2, 0) is 0 Å². The fourth-order valence-electron chi connectivity index (χ4n) is 2.34. The molecule has 0 saturated heterocycles. The van der Waals surface area contributed by atoms with Crippen molar-refractivity contribution in [2.24, 2.45) is 11.1 Å². The quantitative estimate of drug-likeness (QED) is 0.445. The summed E-state index contributed by atoms with van der Waals surface area (Å²) < 4.78 is 0. The highest BCUT2D eigenvalue weighted by atomic mass is 32.2. The van der Waals surface area contributed by atoms with Crippen molar-refractivity contribution in [2.45, 2.75) is 31.3 Å². The molecule has 4 N–H and O–H groups in total. The van der Waals surface area contributed by atoms with Crippen molar-refractivity contribution in [3.05, 3.63) is 23.8 Å². The maximum atomic E-state index is 7.43. The van der Waals surface area contributed by atoms with Crippen molar-refractivity contribution in [1.29, 1.82) is 5.41 Å². The Labute approximate surface area is 116 Å². The van der Waals surface area contributed by atoms with E-state index in [2.05, 4.69) is 29.0 Å². The van der Waals surface area contributed by atoms with Crippen LogP contribution >= 0.6 is 11.8 Å². The predicted molar refractivity (Wildman–Crippen MR) is 79.8 cm³/mol. The Bertz CT molecular complexity index is 627. The van der Waals surface area contributed by atoms with Gasteiger partial charge in [-0.2, -0.15) is 0 Å². The molecule has 1 aliphatic carbocycles. The Morgan fingerprint density at radius 3 is 3.00 bits per heavy atom. The summed E-state index contributed by atoms with van der Waals surface area (Å²) >= 11 is 1.74. The summed E-state index contributed by atoms with van der Waals surface area (Å²) in [6, 6.07) is 6.25. The number of nitrogens with one attached hydrogen (secondary N) is 2. The third-order valence-corrected chi connectivity index (χ3v) is 4.88. The molecule has 2 aromatic rings. The van der Waals surface area contributed by atoms with Crippen molar-refractivity contribution in [3.63, 3.8) is 0 Å². The minimum Gasteiger partial charge on any atom is -0.388 e. The molecule has 0 unspecified atom stereocenters. The maximum Gasteiger partial charge on any atom is 0.166 e. The van der Waals surface area contributed by atoms with Crippen molar-refractivity contribution in [1.82, 2.24) is 9.97 Å². The largest absolute Gasteiger partial charge is 0.388 e. The first-order valence-electron chi connectivity index (χ1n) is 6.48. The van der Waals surface area contributed by atoms with Gasteiger partial charge >= 0.3 is 0 Å². The summed E-state index contributed by atoms with van der Waals surface area (Å²) in [6.45, 7) is 2.08. The van der Waals surface area contributed by atoms with E-state index in [-0.39, 0.29) is 5.41 Å². The molecule has 1 aliphatic rings. The van der Waals surface area contributed by atoms with Gasteiger partial charge in [-0.15, -0.1) is 0 Å². The average molecular weight is 274 g/mol. The molecule has 5 heteroatoms.